The van der Waals surface area contributed by atoms with E-state index >= 15 is 9.59 Å². The predicted octanol–water partition coefficient (Wildman–Crippen LogP) is 8.25. The molecule has 530 valence electrons. The summed E-state index contributed by atoms with van der Waals surface area (Å²) in [6.45, 7) is 26.0. The number of ether oxygens (including phenoxy) is 11. The number of hydrogen-bond donors (Lipinski definition) is 4. The quantitative estimate of drug-likeness (QED) is 0.0418. The molecule has 22 atom stereocenters. The zero-order valence-electron chi connectivity index (χ0n) is 58.6. The molecule has 4 aliphatic heterocycles. The highest BCUT2D eigenvalue weighted by atomic mass is 16.7. The molecule has 0 bridgehead atoms. The Balaban J connectivity index is 1.28. The van der Waals surface area contributed by atoms with E-state index in [1.54, 1.807) is 47.6 Å². The maximum Gasteiger partial charge on any atom is 0.408 e. The third kappa shape index (κ3) is 20.4. The number of cyclic esters (lactones) is 1. The van der Waals surface area contributed by atoms with Gasteiger partial charge in [0.05, 0.1) is 54.7 Å². The number of hydrogen-bond acceptors (Lipinski definition) is 23. The van der Waals surface area contributed by atoms with Crippen LogP contribution in [0.3, 0.4) is 0 Å². The molecule has 7 rings (SSSR count). The second kappa shape index (κ2) is 35.1. The SMILES string of the molecule is CON=C1C[C@@H](C)O[C@@H](OC2C(C)CC(C)(OC(=O)NCc3ccccc3)C(=O)C(C)C(OC(=O)CC(C)C)C(C)C(C(C)CO[C@@H]3O[C@H](C)[C@@H](O)[C@@H](OC)[C@H]3OC)OC(=O)C(C)C(O[C@H]3CC(C)N(CCCC(=O)Nc4ccc5ccc(C)nc5n4)C[C@H](C)O3)C2C)[C@@H]1O. The van der Waals surface area contributed by atoms with Crippen LogP contribution >= 0.6 is 0 Å². The Labute approximate surface area is 559 Å². The Morgan fingerprint density at radius 3 is 2.19 bits per heavy atom. The fourth-order valence-corrected chi connectivity index (χ4v) is 13.8. The van der Waals surface area contributed by atoms with Gasteiger partial charge in [-0.25, -0.2) is 14.8 Å². The van der Waals surface area contributed by atoms with E-state index in [2.05, 4.69) is 37.6 Å². The number of alkyl carbamates (subject to hydrolysis) is 1. The maximum absolute atomic E-state index is 16.0. The number of benzene rings is 1. The van der Waals surface area contributed by atoms with Gasteiger partial charge in [-0.1, -0.05) is 84.0 Å². The number of Topliss-reactive ketones (excluding diaryl/α,β-unsaturated/α-hetero) is 1. The molecular formula is C70H106N6O19. The van der Waals surface area contributed by atoms with Crippen LogP contribution in [0.15, 0.2) is 59.8 Å². The van der Waals surface area contributed by atoms with Gasteiger partial charge in [0, 0.05) is 87.9 Å². The van der Waals surface area contributed by atoms with Crippen LogP contribution in [0.2, 0.25) is 0 Å². The van der Waals surface area contributed by atoms with Crippen molar-refractivity contribution in [2.45, 2.75) is 240 Å². The van der Waals surface area contributed by atoms with Gasteiger partial charge in [0.25, 0.3) is 0 Å². The van der Waals surface area contributed by atoms with Crippen molar-refractivity contribution in [2.24, 2.45) is 46.6 Å². The number of aliphatic hydroxyl groups excluding tert-OH is 2. The highest BCUT2D eigenvalue weighted by Gasteiger charge is 2.53. The first-order valence-corrected chi connectivity index (χ1v) is 33.7. The third-order valence-electron chi connectivity index (χ3n) is 18.8. The van der Waals surface area contributed by atoms with Gasteiger partial charge >= 0.3 is 18.0 Å². The molecule has 12 unspecified atom stereocenters. The molecule has 0 aliphatic carbocycles. The summed E-state index contributed by atoms with van der Waals surface area (Å²) in [5, 5.41) is 33.8. The smallest absolute Gasteiger partial charge is 0.408 e. The van der Waals surface area contributed by atoms with Crippen LogP contribution < -0.4 is 10.6 Å². The number of carbonyl (C=O) groups is 5. The Kier molecular flexibility index (Phi) is 28.3. The Morgan fingerprint density at radius 2 is 1.51 bits per heavy atom. The number of pyridine rings is 2. The lowest BCUT2D eigenvalue weighted by Crippen LogP contribution is -2.59. The van der Waals surface area contributed by atoms with Gasteiger partial charge in [0.15, 0.2) is 35.9 Å². The normalized spacial score (nSPS) is 34.8. The van der Waals surface area contributed by atoms with E-state index in [0.29, 0.717) is 37.4 Å². The molecule has 4 fully saturated rings. The predicted molar refractivity (Wildman–Crippen MR) is 351 cm³/mol. The molecule has 1 aromatic carbocycles. The number of aryl methyl sites for hydroxylation is 1. The average molecular weight is 1340 g/mol. The Morgan fingerprint density at radius 1 is 0.800 bits per heavy atom. The number of carbonyl (C=O) groups excluding carboxylic acids is 5. The summed E-state index contributed by atoms with van der Waals surface area (Å²) in [5.41, 5.74) is 0.388. The summed E-state index contributed by atoms with van der Waals surface area (Å²) in [7, 11) is 4.27. The lowest BCUT2D eigenvalue weighted by atomic mass is 9.74. The number of nitrogens with zero attached hydrogens (tertiary/aromatic N) is 4. The molecule has 25 nitrogen and oxygen atoms in total. The zero-order chi connectivity index (χ0) is 69.6. The van der Waals surface area contributed by atoms with Gasteiger partial charge in [-0.3, -0.25) is 24.1 Å². The summed E-state index contributed by atoms with van der Waals surface area (Å²) >= 11 is 0. The molecule has 0 saturated carbocycles. The van der Waals surface area contributed by atoms with E-state index in [-0.39, 0.29) is 62.4 Å². The Bertz CT molecular complexity index is 3020. The van der Waals surface area contributed by atoms with Gasteiger partial charge in [-0.15, -0.1) is 0 Å². The first-order chi connectivity index (χ1) is 45.0. The van der Waals surface area contributed by atoms with Crippen molar-refractivity contribution in [3.05, 3.63) is 65.9 Å². The molecular weight excluding hydrogens is 1230 g/mol. The molecule has 6 heterocycles. The van der Waals surface area contributed by atoms with Crippen molar-refractivity contribution >= 4 is 52.3 Å². The minimum absolute atomic E-state index is 0.0162. The lowest BCUT2D eigenvalue weighted by molar-refractivity contribution is -0.305. The van der Waals surface area contributed by atoms with E-state index in [9.17, 15) is 24.6 Å². The van der Waals surface area contributed by atoms with Crippen LogP contribution in [0.4, 0.5) is 10.6 Å². The number of fused-ring (bicyclic) bond motifs is 1. The summed E-state index contributed by atoms with van der Waals surface area (Å²) in [4.78, 5) is 90.1. The van der Waals surface area contributed by atoms with Crippen LogP contribution in [-0.4, -0.2) is 199 Å². The van der Waals surface area contributed by atoms with Crippen molar-refractivity contribution < 1.29 is 91.1 Å². The summed E-state index contributed by atoms with van der Waals surface area (Å²) in [6, 6.07) is 16.5. The van der Waals surface area contributed by atoms with Crippen LogP contribution in [0.25, 0.3) is 11.0 Å². The average Bonchev–Trinajstić information content (AvgIpc) is 0.883. The van der Waals surface area contributed by atoms with Gasteiger partial charge in [0.1, 0.15) is 49.6 Å². The molecule has 4 saturated heterocycles. The fraction of sp³-hybridized carbons (Fsp3) is 0.714. The molecule has 0 spiro atoms. The Hall–Kier alpha value is -5.84. The second-order valence-corrected chi connectivity index (χ2v) is 27.4. The second-order valence-electron chi connectivity index (χ2n) is 27.4. The lowest BCUT2D eigenvalue weighted by Gasteiger charge is -2.45. The van der Waals surface area contributed by atoms with Gasteiger partial charge < -0.3 is 77.8 Å². The van der Waals surface area contributed by atoms with E-state index in [4.69, 9.17) is 56.9 Å². The highest BCUT2D eigenvalue weighted by Crippen LogP contribution is 2.41. The van der Waals surface area contributed by atoms with Crippen LogP contribution in [0.1, 0.15) is 140 Å². The highest BCUT2D eigenvalue weighted by molar-refractivity contribution is 5.92. The molecule has 4 aliphatic rings. The summed E-state index contributed by atoms with van der Waals surface area (Å²) in [5.74, 6) is -7.62. The first kappa shape index (κ1) is 76.5. The number of ketones is 1. The van der Waals surface area contributed by atoms with Gasteiger partial charge in [-0.05, 0) is 110 Å². The number of rotatable bonds is 22. The minimum atomic E-state index is -2.01. The molecule has 0 radical (unpaired) electrons. The molecule has 3 aromatic rings. The number of anilines is 1. The minimum Gasteiger partial charge on any atom is -0.461 e. The standard InChI is InChI=1S/C70H106N6O19/c1-37(2)30-54(78)91-60-45(10)59(39(4)36-87-68-63(85-16)62(84-15)56(79)48(13)90-68)93-66(82)47(12)61(92-55-31-41(6)76(35-43(8)88-55)29-21-24-53(77)73-52-28-27-50-26-25-40(5)72-65(50)74-52)44(9)58(94-67-57(80)51(75-86-17)32-42(7)89-67)38(3)33-70(14,64(81)46(60)11)95-69(83)71-34-49-22-19-18-20-23-49/h18-20,22-23,25-28,37-39,41-48,55-63,67-68,79-80H,21,24,29-36H2,1-17H3,(H,71,83)(H,72,73,74,77)/t38?,39?,41?,42-,43+,44?,45?,46?,47?,48-,55+,56-,57-,58?,59?,60?,61?,62-,63-,67+,68-,70?/m1/s1. The molecule has 4 N–H and O–H groups in total. The van der Waals surface area contributed by atoms with Crippen molar-refractivity contribution in [1.82, 2.24) is 20.2 Å². The number of esters is 2. The maximum atomic E-state index is 16.0. The number of aromatic nitrogens is 2. The fourth-order valence-electron chi connectivity index (χ4n) is 13.8. The number of aliphatic hydroxyl groups is 2. The largest absolute Gasteiger partial charge is 0.461 e. The molecule has 2 amide bonds. The first-order valence-electron chi connectivity index (χ1n) is 33.7. The van der Waals surface area contributed by atoms with E-state index in [1.165, 1.54) is 28.3 Å². The molecule has 2 aromatic heterocycles. The van der Waals surface area contributed by atoms with Crippen molar-refractivity contribution in [1.29, 1.82) is 0 Å². The van der Waals surface area contributed by atoms with Crippen LogP contribution in [0.5, 0.6) is 0 Å². The topological polar surface area (TPSA) is 302 Å². The molecule has 25 heteroatoms. The zero-order valence-corrected chi connectivity index (χ0v) is 58.6. The number of nitrogens with one attached hydrogen (secondary N) is 2. The van der Waals surface area contributed by atoms with E-state index in [1.807, 2.05) is 90.1 Å². The van der Waals surface area contributed by atoms with E-state index in [0.717, 1.165) is 16.6 Å². The van der Waals surface area contributed by atoms with Gasteiger partial charge in [-0.2, -0.15) is 0 Å². The van der Waals surface area contributed by atoms with Gasteiger partial charge in [0.2, 0.25) is 5.91 Å². The van der Waals surface area contributed by atoms with Crippen LogP contribution in [0, 0.1) is 48.3 Å². The van der Waals surface area contributed by atoms with Crippen molar-refractivity contribution in [3.8, 4) is 0 Å². The third-order valence-corrected chi connectivity index (χ3v) is 18.8. The summed E-state index contributed by atoms with van der Waals surface area (Å²) < 4.78 is 71.3. The van der Waals surface area contributed by atoms with Crippen LogP contribution in [-0.2, 0) is 82.7 Å². The van der Waals surface area contributed by atoms with Crippen molar-refractivity contribution in [2.75, 3.05) is 46.3 Å². The number of amides is 2. The van der Waals surface area contributed by atoms with E-state index < -0.39 is 151 Å². The number of oxime groups is 1. The van der Waals surface area contributed by atoms with Crippen molar-refractivity contribution in [3.63, 3.8) is 0 Å². The monoisotopic (exact) mass is 1330 g/mol. The summed E-state index contributed by atoms with van der Waals surface area (Å²) in [6.07, 6.45) is -13.8. The number of methoxy groups -OCH3 is 2. The molecule has 95 heavy (non-hydrogen) atoms.